The van der Waals surface area contributed by atoms with Gasteiger partial charge in [-0.2, -0.15) is 0 Å². The Balaban J connectivity index is 2.89. The summed E-state index contributed by atoms with van der Waals surface area (Å²) in [5.41, 5.74) is 7.87. The predicted octanol–water partition coefficient (Wildman–Crippen LogP) is 1.47. The molecule has 100 valence electrons. The highest BCUT2D eigenvalue weighted by molar-refractivity contribution is 5.96. The van der Waals surface area contributed by atoms with Crippen molar-refractivity contribution in [2.75, 3.05) is 31.8 Å². The summed E-state index contributed by atoms with van der Waals surface area (Å²) in [5, 5.41) is 5.88. The molecule has 0 aliphatic rings. The molecule has 1 unspecified atom stereocenters. The van der Waals surface area contributed by atoms with Crippen LogP contribution in [0.25, 0.3) is 0 Å². The summed E-state index contributed by atoms with van der Waals surface area (Å²) in [6, 6.07) is 5.37. The van der Waals surface area contributed by atoms with Crippen molar-refractivity contribution in [3.63, 3.8) is 0 Å². The molecule has 1 atom stereocenters. The molecule has 0 heterocycles. The van der Waals surface area contributed by atoms with Gasteiger partial charge in [0, 0.05) is 25.8 Å². The molecule has 1 aromatic carbocycles. The number of nitrogens with two attached hydrogens (primary N) is 1. The highest BCUT2D eigenvalue weighted by Gasteiger charge is 2.10. The van der Waals surface area contributed by atoms with Gasteiger partial charge in [0.05, 0.1) is 18.0 Å². The lowest BCUT2D eigenvalue weighted by atomic mass is 10.1. The van der Waals surface area contributed by atoms with Gasteiger partial charge in [-0.15, -0.1) is 0 Å². The summed E-state index contributed by atoms with van der Waals surface area (Å²) in [6.07, 6.45) is 0.914. The number of ether oxygens (including phenoxy) is 1. The summed E-state index contributed by atoms with van der Waals surface area (Å²) in [6.45, 7) is 2.66. The van der Waals surface area contributed by atoms with Crippen LogP contribution in [-0.4, -0.2) is 32.7 Å². The molecule has 18 heavy (non-hydrogen) atoms. The van der Waals surface area contributed by atoms with Crippen LogP contribution in [0.1, 0.15) is 23.7 Å². The lowest BCUT2D eigenvalue weighted by molar-refractivity contribution is 0.0963. The Morgan fingerprint density at radius 3 is 2.78 bits per heavy atom. The minimum Gasteiger partial charge on any atom is -0.397 e. The first-order valence-corrected chi connectivity index (χ1v) is 5.99. The Bertz CT molecular complexity index is 407. The fraction of sp³-hybridized carbons (Fsp3) is 0.462. The number of methoxy groups -OCH3 is 1. The van der Waals surface area contributed by atoms with E-state index >= 15 is 0 Å². The van der Waals surface area contributed by atoms with Gasteiger partial charge in [-0.1, -0.05) is 6.92 Å². The minimum absolute atomic E-state index is 0.127. The first-order valence-electron chi connectivity index (χ1n) is 5.99. The van der Waals surface area contributed by atoms with Crippen molar-refractivity contribution in [3.8, 4) is 0 Å². The number of anilines is 2. The van der Waals surface area contributed by atoms with Crippen LogP contribution in [-0.2, 0) is 4.74 Å². The van der Waals surface area contributed by atoms with Crippen molar-refractivity contribution >= 4 is 17.3 Å². The van der Waals surface area contributed by atoms with Gasteiger partial charge in [0.2, 0.25) is 0 Å². The van der Waals surface area contributed by atoms with Crippen molar-refractivity contribution in [2.45, 2.75) is 19.4 Å². The highest BCUT2D eigenvalue weighted by atomic mass is 16.5. The zero-order chi connectivity index (χ0) is 13.5. The average Bonchev–Trinajstić information content (AvgIpc) is 2.39. The number of nitrogen functional groups attached to an aromatic ring is 1. The molecule has 1 amide bonds. The largest absolute Gasteiger partial charge is 0.397 e. The zero-order valence-electron chi connectivity index (χ0n) is 11.1. The average molecular weight is 251 g/mol. The second kappa shape index (κ2) is 6.86. The third-order valence-corrected chi connectivity index (χ3v) is 2.76. The SMILES string of the molecule is CCC(COC)Nc1cc(C(=O)NC)ccc1N. The molecule has 5 heteroatoms. The van der Waals surface area contributed by atoms with E-state index in [9.17, 15) is 4.79 Å². The van der Waals surface area contributed by atoms with Gasteiger partial charge in [-0.3, -0.25) is 4.79 Å². The quantitative estimate of drug-likeness (QED) is 0.669. The number of nitrogens with one attached hydrogen (secondary N) is 2. The van der Waals surface area contributed by atoms with Crippen LogP contribution in [0.2, 0.25) is 0 Å². The zero-order valence-corrected chi connectivity index (χ0v) is 11.1. The number of amides is 1. The summed E-state index contributed by atoms with van der Waals surface area (Å²) in [4.78, 5) is 11.6. The van der Waals surface area contributed by atoms with Crippen molar-refractivity contribution in [2.24, 2.45) is 0 Å². The lowest BCUT2D eigenvalue weighted by Crippen LogP contribution is -2.25. The highest BCUT2D eigenvalue weighted by Crippen LogP contribution is 2.21. The molecule has 1 aromatic rings. The molecule has 0 aromatic heterocycles. The Morgan fingerprint density at radius 1 is 1.50 bits per heavy atom. The van der Waals surface area contributed by atoms with Gasteiger partial charge >= 0.3 is 0 Å². The van der Waals surface area contributed by atoms with Gasteiger partial charge in [0.15, 0.2) is 0 Å². The standard InChI is InChI=1S/C13H21N3O2/c1-4-10(8-18-3)16-12-7-9(13(17)15-2)5-6-11(12)14/h5-7,10,16H,4,8,14H2,1-3H3,(H,15,17). The normalized spacial score (nSPS) is 11.9. The topological polar surface area (TPSA) is 76.4 Å². The second-order valence-corrected chi connectivity index (χ2v) is 4.09. The summed E-state index contributed by atoms with van der Waals surface area (Å²) >= 11 is 0. The van der Waals surface area contributed by atoms with E-state index in [1.807, 2.05) is 0 Å². The fourth-order valence-electron chi connectivity index (χ4n) is 1.65. The number of rotatable bonds is 6. The van der Waals surface area contributed by atoms with Crippen LogP contribution in [0, 0.1) is 0 Å². The number of carbonyl (C=O) groups excluding carboxylic acids is 1. The molecule has 0 saturated heterocycles. The van der Waals surface area contributed by atoms with E-state index in [4.69, 9.17) is 10.5 Å². The molecule has 0 radical (unpaired) electrons. The van der Waals surface area contributed by atoms with E-state index in [0.29, 0.717) is 17.9 Å². The van der Waals surface area contributed by atoms with Crippen LogP contribution in [0.4, 0.5) is 11.4 Å². The maximum absolute atomic E-state index is 11.6. The Labute approximate surface area is 108 Å². The van der Waals surface area contributed by atoms with Crippen molar-refractivity contribution < 1.29 is 9.53 Å². The molecule has 0 aliphatic carbocycles. The van der Waals surface area contributed by atoms with Crippen molar-refractivity contribution in [1.82, 2.24) is 5.32 Å². The molecule has 0 spiro atoms. The predicted molar refractivity (Wildman–Crippen MR) is 73.8 cm³/mol. The van der Waals surface area contributed by atoms with Crippen LogP contribution in [0.5, 0.6) is 0 Å². The Morgan fingerprint density at radius 2 is 2.22 bits per heavy atom. The molecule has 4 N–H and O–H groups in total. The first kappa shape index (κ1) is 14.3. The molecule has 1 rings (SSSR count). The maximum atomic E-state index is 11.6. The fourth-order valence-corrected chi connectivity index (χ4v) is 1.65. The van der Waals surface area contributed by atoms with Gasteiger partial charge in [-0.25, -0.2) is 0 Å². The lowest BCUT2D eigenvalue weighted by Gasteiger charge is -2.19. The molecule has 0 bridgehead atoms. The van der Waals surface area contributed by atoms with Crippen LogP contribution in [0.3, 0.4) is 0 Å². The van der Waals surface area contributed by atoms with E-state index in [0.717, 1.165) is 12.1 Å². The van der Waals surface area contributed by atoms with E-state index in [1.165, 1.54) is 0 Å². The first-order chi connectivity index (χ1) is 8.62. The molecule has 0 saturated carbocycles. The molecule has 0 aliphatic heterocycles. The number of benzene rings is 1. The van der Waals surface area contributed by atoms with E-state index in [1.54, 1.807) is 32.4 Å². The second-order valence-electron chi connectivity index (χ2n) is 4.09. The molecular formula is C13H21N3O2. The van der Waals surface area contributed by atoms with E-state index < -0.39 is 0 Å². The summed E-state index contributed by atoms with van der Waals surface area (Å²) in [7, 11) is 3.26. The third kappa shape index (κ3) is 3.63. The van der Waals surface area contributed by atoms with Crippen LogP contribution >= 0.6 is 0 Å². The number of hydrogen-bond acceptors (Lipinski definition) is 4. The van der Waals surface area contributed by atoms with Gasteiger partial charge in [0.25, 0.3) is 5.91 Å². The van der Waals surface area contributed by atoms with Gasteiger partial charge in [0.1, 0.15) is 0 Å². The third-order valence-electron chi connectivity index (χ3n) is 2.76. The summed E-state index contributed by atoms with van der Waals surface area (Å²) < 4.78 is 5.12. The van der Waals surface area contributed by atoms with Gasteiger partial charge in [-0.05, 0) is 24.6 Å². The van der Waals surface area contributed by atoms with Crippen LogP contribution < -0.4 is 16.4 Å². The number of carbonyl (C=O) groups is 1. The van der Waals surface area contributed by atoms with Crippen LogP contribution in [0.15, 0.2) is 18.2 Å². The Hall–Kier alpha value is -1.75. The smallest absolute Gasteiger partial charge is 0.251 e. The van der Waals surface area contributed by atoms with E-state index in [2.05, 4.69) is 17.6 Å². The maximum Gasteiger partial charge on any atom is 0.251 e. The Kier molecular flexibility index (Phi) is 5.45. The molecular weight excluding hydrogens is 230 g/mol. The molecule has 5 nitrogen and oxygen atoms in total. The van der Waals surface area contributed by atoms with Crippen molar-refractivity contribution in [1.29, 1.82) is 0 Å². The van der Waals surface area contributed by atoms with Gasteiger partial charge < -0.3 is 21.1 Å². The molecule has 0 fully saturated rings. The van der Waals surface area contributed by atoms with Crippen molar-refractivity contribution in [3.05, 3.63) is 23.8 Å². The van der Waals surface area contributed by atoms with E-state index in [-0.39, 0.29) is 11.9 Å². The number of hydrogen-bond donors (Lipinski definition) is 3. The summed E-state index contributed by atoms with van der Waals surface area (Å²) in [5.74, 6) is -0.127. The minimum atomic E-state index is -0.127. The monoisotopic (exact) mass is 251 g/mol.